The van der Waals surface area contributed by atoms with Gasteiger partial charge in [-0.2, -0.15) is 0 Å². The van der Waals surface area contributed by atoms with E-state index in [0.717, 1.165) is 23.0 Å². The molecule has 0 aliphatic carbocycles. The Hall–Kier alpha value is -2.33. The highest BCUT2D eigenvalue weighted by atomic mass is 32.1. The summed E-state index contributed by atoms with van der Waals surface area (Å²) in [6.07, 6.45) is 0. The van der Waals surface area contributed by atoms with Gasteiger partial charge in [0, 0.05) is 25.7 Å². The summed E-state index contributed by atoms with van der Waals surface area (Å²) in [5, 5.41) is 2.56. The fourth-order valence-corrected chi connectivity index (χ4v) is 3.70. The van der Waals surface area contributed by atoms with Crippen molar-refractivity contribution in [1.29, 1.82) is 0 Å². The van der Waals surface area contributed by atoms with E-state index in [1.54, 1.807) is 0 Å². The maximum atomic E-state index is 4.46. The highest BCUT2D eigenvalue weighted by Gasteiger charge is 2.09. The molecule has 0 unspecified atom stereocenters. The minimum absolute atomic E-state index is 0.747. The minimum atomic E-state index is 0.747. The van der Waals surface area contributed by atoms with Crippen LogP contribution in [0.4, 0.5) is 0 Å². The number of fused-ring (bicyclic) bond motifs is 3. The van der Waals surface area contributed by atoms with Crippen molar-refractivity contribution in [1.82, 2.24) is 15.0 Å². The number of nitrogens with zero attached hydrogens (tertiary/aromatic N) is 3. The highest BCUT2D eigenvalue weighted by Crippen LogP contribution is 2.35. The number of aromatic nitrogens is 3. The van der Waals surface area contributed by atoms with Crippen molar-refractivity contribution in [2.45, 2.75) is 13.8 Å². The maximum Gasteiger partial charge on any atom is 0.163 e. The Morgan fingerprint density at radius 3 is 2.29 bits per heavy atom. The highest BCUT2D eigenvalue weighted by molar-refractivity contribution is 7.25. The SMILES string of the molecule is Cc1nc(C)nc(-c2ccc3sc4ccccc4c3c2)n1. The fourth-order valence-electron chi connectivity index (χ4n) is 2.61. The smallest absolute Gasteiger partial charge is 0.163 e. The molecule has 4 rings (SSSR count). The van der Waals surface area contributed by atoms with Crippen LogP contribution >= 0.6 is 11.3 Å². The molecule has 3 nitrogen and oxygen atoms in total. The Labute approximate surface area is 126 Å². The third-order valence-electron chi connectivity index (χ3n) is 3.49. The van der Waals surface area contributed by atoms with Gasteiger partial charge in [0.05, 0.1) is 0 Å². The number of hydrogen-bond donors (Lipinski definition) is 0. The van der Waals surface area contributed by atoms with Gasteiger partial charge in [0.1, 0.15) is 11.6 Å². The maximum absolute atomic E-state index is 4.46. The van der Waals surface area contributed by atoms with Gasteiger partial charge in [-0.25, -0.2) is 15.0 Å². The first-order valence-electron chi connectivity index (χ1n) is 6.82. The van der Waals surface area contributed by atoms with Crippen LogP contribution in [-0.4, -0.2) is 15.0 Å². The van der Waals surface area contributed by atoms with Crippen LogP contribution in [0.2, 0.25) is 0 Å². The number of thiophene rings is 1. The molecule has 0 atom stereocenters. The van der Waals surface area contributed by atoms with Crippen LogP contribution in [0.1, 0.15) is 11.6 Å². The molecule has 2 heterocycles. The van der Waals surface area contributed by atoms with Crippen LogP contribution < -0.4 is 0 Å². The summed E-state index contributed by atoms with van der Waals surface area (Å²) >= 11 is 1.82. The summed E-state index contributed by atoms with van der Waals surface area (Å²) in [5.74, 6) is 2.26. The van der Waals surface area contributed by atoms with Gasteiger partial charge < -0.3 is 0 Å². The predicted molar refractivity (Wildman–Crippen MR) is 87.6 cm³/mol. The molecule has 0 aliphatic rings. The normalized spacial score (nSPS) is 11.3. The second-order valence-corrected chi connectivity index (χ2v) is 6.15. The second kappa shape index (κ2) is 4.60. The quantitative estimate of drug-likeness (QED) is 0.517. The molecule has 0 radical (unpaired) electrons. The lowest BCUT2D eigenvalue weighted by molar-refractivity contribution is 0.929. The van der Waals surface area contributed by atoms with Crippen molar-refractivity contribution in [2.24, 2.45) is 0 Å². The molecular formula is C17H13N3S. The largest absolute Gasteiger partial charge is 0.219 e. The number of hydrogen-bond acceptors (Lipinski definition) is 4. The standard InChI is InChI=1S/C17H13N3S/c1-10-18-11(2)20-17(19-10)12-7-8-16-14(9-12)13-5-3-4-6-15(13)21-16/h3-9H,1-2H3. The molecule has 102 valence electrons. The van der Waals surface area contributed by atoms with Crippen LogP contribution in [0.3, 0.4) is 0 Å². The van der Waals surface area contributed by atoms with E-state index in [-0.39, 0.29) is 0 Å². The van der Waals surface area contributed by atoms with Crippen LogP contribution in [0.15, 0.2) is 42.5 Å². The van der Waals surface area contributed by atoms with Crippen molar-refractivity contribution in [3.05, 3.63) is 54.1 Å². The summed E-state index contributed by atoms with van der Waals surface area (Å²) in [4.78, 5) is 13.2. The molecule has 4 aromatic rings. The van der Waals surface area contributed by atoms with Crippen molar-refractivity contribution in [2.75, 3.05) is 0 Å². The van der Waals surface area contributed by atoms with Crippen LogP contribution in [0, 0.1) is 13.8 Å². The summed E-state index contributed by atoms with van der Waals surface area (Å²) < 4.78 is 2.61. The monoisotopic (exact) mass is 291 g/mol. The summed E-state index contributed by atoms with van der Waals surface area (Å²) in [6, 6.07) is 14.9. The van der Waals surface area contributed by atoms with Gasteiger partial charge in [-0.3, -0.25) is 0 Å². The Balaban J connectivity index is 1.99. The van der Waals surface area contributed by atoms with E-state index in [0.29, 0.717) is 0 Å². The molecule has 0 bridgehead atoms. The summed E-state index contributed by atoms with van der Waals surface area (Å²) in [6.45, 7) is 3.80. The zero-order chi connectivity index (χ0) is 14.4. The average molecular weight is 291 g/mol. The van der Waals surface area contributed by atoms with Crippen molar-refractivity contribution in [3.8, 4) is 11.4 Å². The van der Waals surface area contributed by atoms with Crippen molar-refractivity contribution < 1.29 is 0 Å². The molecule has 0 saturated carbocycles. The lowest BCUT2D eigenvalue weighted by Crippen LogP contribution is -1.98. The summed E-state index contributed by atoms with van der Waals surface area (Å²) in [5.41, 5.74) is 1.04. The van der Waals surface area contributed by atoms with Gasteiger partial charge in [-0.1, -0.05) is 18.2 Å². The lowest BCUT2D eigenvalue weighted by Gasteiger charge is -2.03. The molecule has 2 aromatic heterocycles. The third-order valence-corrected chi connectivity index (χ3v) is 4.65. The second-order valence-electron chi connectivity index (χ2n) is 5.06. The Morgan fingerprint density at radius 1 is 0.762 bits per heavy atom. The molecule has 0 aliphatic heterocycles. The molecule has 21 heavy (non-hydrogen) atoms. The number of benzene rings is 2. The van der Waals surface area contributed by atoms with E-state index >= 15 is 0 Å². The van der Waals surface area contributed by atoms with Gasteiger partial charge in [0.15, 0.2) is 5.82 Å². The van der Waals surface area contributed by atoms with Crippen LogP contribution in [-0.2, 0) is 0 Å². The van der Waals surface area contributed by atoms with E-state index in [9.17, 15) is 0 Å². The molecule has 0 spiro atoms. The lowest BCUT2D eigenvalue weighted by atomic mass is 10.1. The molecule has 2 aromatic carbocycles. The molecule has 0 N–H and O–H groups in total. The van der Waals surface area contributed by atoms with Gasteiger partial charge >= 0.3 is 0 Å². The van der Waals surface area contributed by atoms with Gasteiger partial charge in [-0.15, -0.1) is 11.3 Å². The first-order chi connectivity index (χ1) is 10.2. The van der Waals surface area contributed by atoms with Crippen LogP contribution in [0.5, 0.6) is 0 Å². The van der Waals surface area contributed by atoms with Crippen LogP contribution in [0.25, 0.3) is 31.6 Å². The number of aryl methyl sites for hydroxylation is 2. The topological polar surface area (TPSA) is 38.7 Å². The van der Waals surface area contributed by atoms with Gasteiger partial charge in [0.2, 0.25) is 0 Å². The Morgan fingerprint density at radius 2 is 1.48 bits per heavy atom. The predicted octanol–water partition coefficient (Wildman–Crippen LogP) is 4.52. The molecule has 0 saturated heterocycles. The van der Waals surface area contributed by atoms with E-state index in [1.165, 1.54) is 20.2 Å². The average Bonchev–Trinajstić information content (AvgIpc) is 2.84. The van der Waals surface area contributed by atoms with E-state index in [4.69, 9.17) is 0 Å². The van der Waals surface area contributed by atoms with Gasteiger partial charge in [0.25, 0.3) is 0 Å². The molecule has 4 heteroatoms. The zero-order valence-electron chi connectivity index (χ0n) is 11.8. The molecular weight excluding hydrogens is 278 g/mol. The molecule has 0 amide bonds. The third kappa shape index (κ3) is 2.08. The Kier molecular flexibility index (Phi) is 2.72. The fraction of sp³-hybridized carbons (Fsp3) is 0.118. The first kappa shape index (κ1) is 12.4. The zero-order valence-corrected chi connectivity index (χ0v) is 12.6. The Bertz CT molecular complexity index is 952. The van der Waals surface area contributed by atoms with Gasteiger partial charge in [-0.05, 0) is 38.1 Å². The van der Waals surface area contributed by atoms with E-state index in [1.807, 2.05) is 25.2 Å². The van der Waals surface area contributed by atoms with Crippen molar-refractivity contribution >= 4 is 31.5 Å². The van der Waals surface area contributed by atoms with Crippen molar-refractivity contribution in [3.63, 3.8) is 0 Å². The first-order valence-corrected chi connectivity index (χ1v) is 7.63. The minimum Gasteiger partial charge on any atom is -0.219 e. The van der Waals surface area contributed by atoms with E-state index in [2.05, 4.69) is 57.4 Å². The summed E-state index contributed by atoms with van der Waals surface area (Å²) in [7, 11) is 0. The van der Waals surface area contributed by atoms with E-state index < -0.39 is 0 Å². The molecule has 0 fully saturated rings. The number of rotatable bonds is 1.